The molecule has 2 rings (SSSR count). The molecule has 0 aliphatic carbocycles. The standard InChI is InChI=1S/C13H23N3O5S/c1-10(2)22(20,21)15-8-6-14(7-9-15)12(17)11-4-3-5-16(11)13(18)19/h10-11H,3-9H2,1-2H3,(H,18,19). The molecule has 2 aliphatic rings. The Morgan fingerprint density at radius 1 is 1.09 bits per heavy atom. The summed E-state index contributed by atoms with van der Waals surface area (Å²) >= 11 is 0. The first kappa shape index (κ1) is 17.0. The number of amides is 2. The molecule has 8 nitrogen and oxygen atoms in total. The SMILES string of the molecule is CC(C)S(=O)(=O)N1CCN(C(=O)C2CCCN2C(=O)O)CC1. The quantitative estimate of drug-likeness (QED) is 0.784. The summed E-state index contributed by atoms with van der Waals surface area (Å²) < 4.78 is 25.6. The average Bonchev–Trinajstić information content (AvgIpc) is 2.96. The lowest BCUT2D eigenvalue weighted by Gasteiger charge is -2.36. The van der Waals surface area contributed by atoms with Crippen LogP contribution in [0.3, 0.4) is 0 Å². The summed E-state index contributed by atoms with van der Waals surface area (Å²) in [6, 6.07) is -0.620. The molecule has 0 aromatic carbocycles. The maximum absolute atomic E-state index is 12.5. The van der Waals surface area contributed by atoms with Crippen LogP contribution in [0.25, 0.3) is 0 Å². The van der Waals surface area contributed by atoms with Crippen LogP contribution in [-0.2, 0) is 14.8 Å². The molecule has 0 aromatic rings. The molecule has 0 aromatic heterocycles. The molecule has 126 valence electrons. The molecule has 0 spiro atoms. The summed E-state index contributed by atoms with van der Waals surface area (Å²) in [4.78, 5) is 26.3. The van der Waals surface area contributed by atoms with Crippen molar-refractivity contribution in [3.8, 4) is 0 Å². The highest BCUT2D eigenvalue weighted by Gasteiger charge is 2.38. The predicted octanol–water partition coefficient (Wildman–Crippen LogP) is 0.0112. The molecule has 9 heteroatoms. The minimum atomic E-state index is -3.30. The van der Waals surface area contributed by atoms with Gasteiger partial charge in [0.05, 0.1) is 5.25 Å². The Morgan fingerprint density at radius 3 is 2.18 bits per heavy atom. The maximum atomic E-state index is 12.5. The fourth-order valence-electron chi connectivity index (χ4n) is 2.92. The number of carbonyl (C=O) groups is 2. The normalized spacial score (nSPS) is 24.0. The number of hydrogen-bond donors (Lipinski definition) is 1. The van der Waals surface area contributed by atoms with Crippen LogP contribution in [0.5, 0.6) is 0 Å². The highest BCUT2D eigenvalue weighted by Crippen LogP contribution is 2.21. The van der Waals surface area contributed by atoms with Gasteiger partial charge in [0.1, 0.15) is 6.04 Å². The zero-order chi connectivity index (χ0) is 16.5. The molecule has 0 bridgehead atoms. The Morgan fingerprint density at radius 2 is 1.68 bits per heavy atom. The maximum Gasteiger partial charge on any atom is 0.407 e. The summed E-state index contributed by atoms with van der Waals surface area (Å²) in [5, 5.41) is 8.63. The lowest BCUT2D eigenvalue weighted by atomic mass is 10.2. The van der Waals surface area contributed by atoms with E-state index < -0.39 is 27.4 Å². The molecule has 2 aliphatic heterocycles. The van der Waals surface area contributed by atoms with Gasteiger partial charge in [-0.1, -0.05) is 0 Å². The van der Waals surface area contributed by atoms with Crippen LogP contribution in [0, 0.1) is 0 Å². The molecular weight excluding hydrogens is 310 g/mol. The third-order valence-corrected chi connectivity index (χ3v) is 6.57. The molecule has 0 radical (unpaired) electrons. The molecule has 1 atom stereocenters. The van der Waals surface area contributed by atoms with Gasteiger partial charge in [0.15, 0.2) is 0 Å². The van der Waals surface area contributed by atoms with E-state index in [0.29, 0.717) is 32.5 Å². The van der Waals surface area contributed by atoms with E-state index in [9.17, 15) is 18.0 Å². The zero-order valence-corrected chi connectivity index (χ0v) is 13.8. The highest BCUT2D eigenvalue weighted by atomic mass is 32.2. The fourth-order valence-corrected chi connectivity index (χ4v) is 4.19. The van der Waals surface area contributed by atoms with Crippen molar-refractivity contribution >= 4 is 22.0 Å². The van der Waals surface area contributed by atoms with Gasteiger partial charge in [-0.3, -0.25) is 9.69 Å². The predicted molar refractivity (Wildman–Crippen MR) is 80.0 cm³/mol. The molecule has 22 heavy (non-hydrogen) atoms. The van der Waals surface area contributed by atoms with E-state index in [-0.39, 0.29) is 19.0 Å². The number of carbonyl (C=O) groups excluding carboxylic acids is 1. The largest absolute Gasteiger partial charge is 0.465 e. The van der Waals surface area contributed by atoms with Gasteiger partial charge < -0.3 is 10.0 Å². The van der Waals surface area contributed by atoms with Gasteiger partial charge in [-0.05, 0) is 26.7 Å². The third-order valence-electron chi connectivity index (χ3n) is 4.29. The Labute approximate surface area is 130 Å². The van der Waals surface area contributed by atoms with E-state index >= 15 is 0 Å². The van der Waals surface area contributed by atoms with Gasteiger partial charge in [0.25, 0.3) is 0 Å². The Kier molecular flexibility index (Phi) is 4.96. The number of piperazine rings is 1. The van der Waals surface area contributed by atoms with Gasteiger partial charge >= 0.3 is 6.09 Å². The lowest BCUT2D eigenvalue weighted by molar-refractivity contribution is -0.136. The van der Waals surface area contributed by atoms with Crippen molar-refractivity contribution in [1.82, 2.24) is 14.1 Å². The van der Waals surface area contributed by atoms with Crippen LogP contribution < -0.4 is 0 Å². The fraction of sp³-hybridized carbons (Fsp3) is 0.846. The Hall–Kier alpha value is -1.35. The number of sulfonamides is 1. The minimum Gasteiger partial charge on any atom is -0.465 e. The number of carboxylic acid groups (broad SMARTS) is 1. The van der Waals surface area contributed by atoms with Gasteiger partial charge in [-0.2, -0.15) is 4.31 Å². The summed E-state index contributed by atoms with van der Waals surface area (Å²) in [6.45, 7) is 4.82. The Bertz CT molecular complexity index is 540. The molecule has 2 saturated heterocycles. The Balaban J connectivity index is 1.97. The topological polar surface area (TPSA) is 98.2 Å². The van der Waals surface area contributed by atoms with E-state index in [1.54, 1.807) is 18.7 Å². The van der Waals surface area contributed by atoms with Crippen LogP contribution in [0.15, 0.2) is 0 Å². The van der Waals surface area contributed by atoms with Crippen molar-refractivity contribution in [3.05, 3.63) is 0 Å². The molecule has 1 N–H and O–H groups in total. The molecular formula is C13H23N3O5S. The number of hydrogen-bond acceptors (Lipinski definition) is 4. The van der Waals surface area contributed by atoms with Crippen molar-refractivity contribution in [3.63, 3.8) is 0 Å². The summed E-state index contributed by atoms with van der Waals surface area (Å²) in [5.41, 5.74) is 0. The van der Waals surface area contributed by atoms with Gasteiger partial charge in [0, 0.05) is 32.7 Å². The number of rotatable bonds is 3. The average molecular weight is 333 g/mol. The molecule has 2 fully saturated rings. The van der Waals surface area contributed by atoms with Crippen molar-refractivity contribution < 1.29 is 23.1 Å². The van der Waals surface area contributed by atoms with Crippen LogP contribution >= 0.6 is 0 Å². The first-order valence-corrected chi connectivity index (χ1v) is 9.02. The van der Waals surface area contributed by atoms with Gasteiger partial charge in [-0.15, -0.1) is 0 Å². The van der Waals surface area contributed by atoms with Crippen LogP contribution in [-0.4, -0.2) is 83.6 Å². The summed E-state index contributed by atoms with van der Waals surface area (Å²) in [5.74, 6) is -0.207. The van der Waals surface area contributed by atoms with Crippen LogP contribution in [0.2, 0.25) is 0 Å². The summed E-state index contributed by atoms with van der Waals surface area (Å²) in [6.07, 6.45) is 0.150. The van der Waals surface area contributed by atoms with Gasteiger partial charge in [0.2, 0.25) is 15.9 Å². The van der Waals surface area contributed by atoms with E-state index in [0.717, 1.165) is 0 Å². The zero-order valence-electron chi connectivity index (χ0n) is 12.9. The van der Waals surface area contributed by atoms with E-state index in [2.05, 4.69) is 0 Å². The van der Waals surface area contributed by atoms with Gasteiger partial charge in [-0.25, -0.2) is 13.2 Å². The van der Waals surface area contributed by atoms with E-state index in [1.807, 2.05) is 0 Å². The molecule has 2 amide bonds. The second-order valence-electron chi connectivity index (χ2n) is 5.95. The summed E-state index contributed by atoms with van der Waals surface area (Å²) in [7, 11) is -3.30. The van der Waals surface area contributed by atoms with Crippen LogP contribution in [0.4, 0.5) is 4.79 Å². The first-order valence-electron chi connectivity index (χ1n) is 7.52. The molecule has 0 saturated carbocycles. The smallest absolute Gasteiger partial charge is 0.407 e. The van der Waals surface area contributed by atoms with E-state index in [4.69, 9.17) is 5.11 Å². The van der Waals surface area contributed by atoms with Crippen molar-refractivity contribution in [2.75, 3.05) is 32.7 Å². The second kappa shape index (κ2) is 6.41. The van der Waals surface area contributed by atoms with E-state index in [1.165, 1.54) is 9.21 Å². The molecule has 2 heterocycles. The number of nitrogens with zero attached hydrogens (tertiary/aromatic N) is 3. The van der Waals surface area contributed by atoms with Crippen LogP contribution in [0.1, 0.15) is 26.7 Å². The minimum absolute atomic E-state index is 0.207. The monoisotopic (exact) mass is 333 g/mol. The van der Waals surface area contributed by atoms with Crippen molar-refractivity contribution in [1.29, 1.82) is 0 Å². The molecule has 1 unspecified atom stereocenters. The van der Waals surface area contributed by atoms with Crippen molar-refractivity contribution in [2.24, 2.45) is 0 Å². The van der Waals surface area contributed by atoms with Crippen molar-refractivity contribution in [2.45, 2.75) is 38.0 Å². The first-order chi connectivity index (χ1) is 10.2. The lowest BCUT2D eigenvalue weighted by Crippen LogP contribution is -2.55. The highest BCUT2D eigenvalue weighted by molar-refractivity contribution is 7.89. The second-order valence-corrected chi connectivity index (χ2v) is 8.44. The number of likely N-dealkylation sites (tertiary alicyclic amines) is 1. The third kappa shape index (κ3) is 3.19.